The highest BCUT2D eigenvalue weighted by atomic mass is 16.5. The Balaban J connectivity index is 3.03. The third-order valence-corrected chi connectivity index (χ3v) is 2.44. The van der Waals surface area contributed by atoms with E-state index in [9.17, 15) is 9.90 Å². The molecule has 1 atom stereocenters. The van der Waals surface area contributed by atoms with Crippen LogP contribution in [0.25, 0.3) is 0 Å². The highest BCUT2D eigenvalue weighted by molar-refractivity contribution is 5.95. The van der Waals surface area contributed by atoms with Crippen LogP contribution >= 0.6 is 0 Å². The van der Waals surface area contributed by atoms with Gasteiger partial charge >= 0.3 is 0 Å². The number of hydrogen-bond acceptors (Lipinski definition) is 4. The molecule has 0 saturated heterocycles. The first kappa shape index (κ1) is 13.3. The fourth-order valence-corrected chi connectivity index (χ4v) is 1.44. The lowest BCUT2D eigenvalue weighted by molar-refractivity contribution is -0.125. The molecule has 0 aliphatic rings. The molecular formula is C12H17NO4. The number of nitrogens with zero attached hydrogens (tertiary/aromatic N) is 1. The summed E-state index contributed by atoms with van der Waals surface area (Å²) in [6.07, 6.45) is -1.03. The molecule has 0 aromatic heterocycles. The van der Waals surface area contributed by atoms with Gasteiger partial charge in [0, 0.05) is 18.8 Å². The molecule has 0 fully saturated rings. The van der Waals surface area contributed by atoms with Crippen LogP contribution < -0.4 is 14.4 Å². The van der Waals surface area contributed by atoms with E-state index in [1.54, 1.807) is 32.4 Å². The molecule has 0 spiro atoms. The maximum absolute atomic E-state index is 11.6. The molecular weight excluding hydrogens is 222 g/mol. The number of hydrogen-bond donors (Lipinski definition) is 1. The van der Waals surface area contributed by atoms with Crippen LogP contribution in [0.4, 0.5) is 5.69 Å². The molecule has 1 amide bonds. The number of likely N-dealkylation sites (N-methyl/N-ethyl adjacent to an activating group) is 1. The predicted octanol–water partition coefficient (Wildman–Crippen LogP) is 1.05. The quantitative estimate of drug-likeness (QED) is 0.853. The van der Waals surface area contributed by atoms with E-state index in [0.29, 0.717) is 17.2 Å². The van der Waals surface area contributed by atoms with Crippen molar-refractivity contribution in [2.45, 2.75) is 13.0 Å². The second-order valence-electron chi connectivity index (χ2n) is 3.61. The Morgan fingerprint density at radius 1 is 1.29 bits per heavy atom. The van der Waals surface area contributed by atoms with E-state index in [2.05, 4.69) is 0 Å². The van der Waals surface area contributed by atoms with Crippen molar-refractivity contribution in [3.8, 4) is 11.5 Å². The second kappa shape index (κ2) is 5.54. The van der Waals surface area contributed by atoms with Crippen molar-refractivity contribution in [1.29, 1.82) is 0 Å². The van der Waals surface area contributed by atoms with Gasteiger partial charge in [-0.05, 0) is 19.1 Å². The molecule has 1 N–H and O–H groups in total. The molecule has 0 aliphatic carbocycles. The van der Waals surface area contributed by atoms with Crippen molar-refractivity contribution in [2.24, 2.45) is 0 Å². The van der Waals surface area contributed by atoms with Crippen LogP contribution in [0, 0.1) is 0 Å². The van der Waals surface area contributed by atoms with E-state index in [-0.39, 0.29) is 5.91 Å². The van der Waals surface area contributed by atoms with E-state index in [1.807, 2.05) is 0 Å². The number of carbonyl (C=O) groups is 1. The lowest BCUT2D eigenvalue weighted by Crippen LogP contribution is -2.34. The average molecular weight is 239 g/mol. The van der Waals surface area contributed by atoms with Crippen molar-refractivity contribution in [2.75, 3.05) is 26.2 Å². The Morgan fingerprint density at radius 3 is 2.35 bits per heavy atom. The summed E-state index contributed by atoms with van der Waals surface area (Å²) in [6, 6.07) is 5.11. The maximum Gasteiger partial charge on any atom is 0.255 e. The second-order valence-corrected chi connectivity index (χ2v) is 3.61. The minimum atomic E-state index is -1.03. The molecule has 0 radical (unpaired) electrons. The van der Waals surface area contributed by atoms with Gasteiger partial charge < -0.3 is 19.5 Å². The summed E-state index contributed by atoms with van der Waals surface area (Å²) >= 11 is 0. The smallest absolute Gasteiger partial charge is 0.255 e. The number of aliphatic hydroxyl groups excluding tert-OH is 1. The molecule has 0 heterocycles. The van der Waals surface area contributed by atoms with Gasteiger partial charge in [-0.25, -0.2) is 0 Å². The number of aliphatic hydroxyl groups is 1. The Morgan fingerprint density at radius 2 is 1.88 bits per heavy atom. The summed E-state index contributed by atoms with van der Waals surface area (Å²) in [5.74, 6) is 0.751. The van der Waals surface area contributed by atoms with Crippen LogP contribution in [0.3, 0.4) is 0 Å². The highest BCUT2D eigenvalue weighted by Gasteiger charge is 2.17. The van der Waals surface area contributed by atoms with Crippen LogP contribution in [0.15, 0.2) is 18.2 Å². The number of methoxy groups -OCH3 is 2. The van der Waals surface area contributed by atoms with Crippen LogP contribution in [-0.2, 0) is 4.79 Å². The van der Waals surface area contributed by atoms with Crippen LogP contribution in [0.1, 0.15) is 6.92 Å². The third kappa shape index (κ3) is 2.88. The zero-order valence-electron chi connectivity index (χ0n) is 10.4. The number of ether oxygens (including phenoxy) is 2. The van der Waals surface area contributed by atoms with Crippen LogP contribution in [-0.4, -0.2) is 38.4 Å². The fourth-order valence-electron chi connectivity index (χ4n) is 1.44. The number of amides is 1. The Bertz CT molecular complexity index is 403. The number of carbonyl (C=O) groups excluding carboxylic acids is 1. The predicted molar refractivity (Wildman–Crippen MR) is 64.6 cm³/mol. The molecule has 0 aliphatic heterocycles. The molecule has 0 saturated carbocycles. The van der Waals surface area contributed by atoms with E-state index in [4.69, 9.17) is 9.47 Å². The van der Waals surface area contributed by atoms with E-state index in [1.165, 1.54) is 18.9 Å². The van der Waals surface area contributed by atoms with Gasteiger partial charge in [0.2, 0.25) is 0 Å². The molecule has 0 bridgehead atoms. The molecule has 5 heteroatoms. The van der Waals surface area contributed by atoms with Gasteiger partial charge in [0.1, 0.15) is 6.10 Å². The SMILES string of the molecule is COc1ccc(N(C)C(=O)C(C)O)cc1OC. The topological polar surface area (TPSA) is 59.0 Å². The molecule has 1 aromatic rings. The van der Waals surface area contributed by atoms with E-state index < -0.39 is 6.10 Å². The molecule has 1 rings (SSSR count). The van der Waals surface area contributed by atoms with Gasteiger partial charge in [-0.2, -0.15) is 0 Å². The summed E-state index contributed by atoms with van der Waals surface area (Å²) in [5.41, 5.74) is 0.633. The average Bonchev–Trinajstić information content (AvgIpc) is 2.35. The van der Waals surface area contributed by atoms with Gasteiger partial charge in [0.15, 0.2) is 11.5 Å². The summed E-state index contributed by atoms with van der Waals surface area (Å²) in [7, 11) is 4.66. The number of rotatable bonds is 4. The molecule has 1 unspecified atom stereocenters. The first-order chi connectivity index (χ1) is 8.01. The highest BCUT2D eigenvalue weighted by Crippen LogP contribution is 2.31. The summed E-state index contributed by atoms with van der Waals surface area (Å²) in [6.45, 7) is 1.43. The largest absolute Gasteiger partial charge is 0.493 e. The zero-order valence-corrected chi connectivity index (χ0v) is 10.4. The van der Waals surface area contributed by atoms with Crippen LogP contribution in [0.5, 0.6) is 11.5 Å². The molecule has 1 aromatic carbocycles. The van der Waals surface area contributed by atoms with Crippen LogP contribution in [0.2, 0.25) is 0 Å². The Hall–Kier alpha value is -1.75. The van der Waals surface area contributed by atoms with Gasteiger partial charge in [0.05, 0.1) is 14.2 Å². The standard InChI is InChI=1S/C12H17NO4/c1-8(14)12(15)13(2)9-5-6-10(16-3)11(7-9)17-4/h5-8,14H,1-4H3. The first-order valence-electron chi connectivity index (χ1n) is 5.19. The van der Waals surface area contributed by atoms with Gasteiger partial charge in [-0.1, -0.05) is 0 Å². The van der Waals surface area contributed by atoms with Crippen molar-refractivity contribution in [3.05, 3.63) is 18.2 Å². The van der Waals surface area contributed by atoms with Crippen molar-refractivity contribution in [1.82, 2.24) is 0 Å². The van der Waals surface area contributed by atoms with E-state index in [0.717, 1.165) is 0 Å². The summed E-state index contributed by atoms with van der Waals surface area (Å²) < 4.78 is 10.2. The number of anilines is 1. The van der Waals surface area contributed by atoms with E-state index >= 15 is 0 Å². The Labute approximate surface area is 101 Å². The fraction of sp³-hybridized carbons (Fsp3) is 0.417. The maximum atomic E-state index is 11.6. The lowest BCUT2D eigenvalue weighted by atomic mass is 10.2. The van der Waals surface area contributed by atoms with Crippen molar-refractivity contribution < 1.29 is 19.4 Å². The minimum Gasteiger partial charge on any atom is -0.493 e. The molecule has 5 nitrogen and oxygen atoms in total. The monoisotopic (exact) mass is 239 g/mol. The summed E-state index contributed by atoms with van der Waals surface area (Å²) in [5, 5.41) is 9.23. The Kier molecular flexibility index (Phi) is 4.34. The lowest BCUT2D eigenvalue weighted by Gasteiger charge is -2.20. The van der Waals surface area contributed by atoms with Crippen molar-refractivity contribution >= 4 is 11.6 Å². The normalized spacial score (nSPS) is 11.8. The van der Waals surface area contributed by atoms with Crippen molar-refractivity contribution in [3.63, 3.8) is 0 Å². The zero-order chi connectivity index (χ0) is 13.0. The first-order valence-corrected chi connectivity index (χ1v) is 5.19. The van der Waals surface area contributed by atoms with Gasteiger partial charge in [-0.3, -0.25) is 4.79 Å². The summed E-state index contributed by atoms with van der Waals surface area (Å²) in [4.78, 5) is 13.0. The number of benzene rings is 1. The van der Waals surface area contributed by atoms with Gasteiger partial charge in [-0.15, -0.1) is 0 Å². The van der Waals surface area contributed by atoms with Gasteiger partial charge in [0.25, 0.3) is 5.91 Å². The molecule has 17 heavy (non-hydrogen) atoms. The third-order valence-electron chi connectivity index (χ3n) is 2.44. The minimum absolute atomic E-state index is 0.378. The molecule has 94 valence electrons.